The molecule has 0 aromatic heterocycles. The van der Waals surface area contributed by atoms with Gasteiger partial charge in [-0.15, -0.1) is 24.8 Å². The fourth-order valence-electron chi connectivity index (χ4n) is 7.49. The highest BCUT2D eigenvalue weighted by molar-refractivity contribution is 5.85. The molecule has 35 heavy (non-hydrogen) atoms. The predicted molar refractivity (Wildman–Crippen MR) is 145 cm³/mol. The van der Waals surface area contributed by atoms with Crippen LogP contribution in [0, 0.1) is 29.6 Å². The normalized spacial score (nSPS) is 31.0. The molecule has 0 heterocycles. The van der Waals surface area contributed by atoms with Gasteiger partial charge in [0.2, 0.25) is 5.91 Å². The Labute approximate surface area is 224 Å². The van der Waals surface area contributed by atoms with Crippen LogP contribution in [0.25, 0.3) is 0 Å². The molecule has 0 bridgehead atoms. The molecule has 3 saturated carbocycles. The van der Waals surface area contributed by atoms with Crippen molar-refractivity contribution < 1.29 is 14.3 Å². The molecule has 0 aromatic rings. The summed E-state index contributed by atoms with van der Waals surface area (Å²) >= 11 is 0. The smallest absolute Gasteiger partial charge is 0.306 e. The van der Waals surface area contributed by atoms with Gasteiger partial charge >= 0.3 is 5.97 Å². The van der Waals surface area contributed by atoms with E-state index in [9.17, 15) is 9.59 Å². The number of carbonyl (C=O) groups is 2. The van der Waals surface area contributed by atoms with Crippen LogP contribution in [0.3, 0.4) is 0 Å². The van der Waals surface area contributed by atoms with Crippen LogP contribution < -0.4 is 11.5 Å². The Hall–Kier alpha value is -0.820. The number of fused-ring (bicyclic) bond motifs is 5. The summed E-state index contributed by atoms with van der Waals surface area (Å²) in [4.78, 5) is 26.9. The topological polar surface area (TPSA) is 98.6 Å². The molecule has 6 unspecified atom stereocenters. The van der Waals surface area contributed by atoms with Crippen molar-refractivity contribution >= 4 is 36.7 Å². The highest BCUT2D eigenvalue weighted by Crippen LogP contribution is 2.56. The van der Waals surface area contributed by atoms with Crippen LogP contribution in [-0.2, 0) is 14.3 Å². The lowest BCUT2D eigenvalue weighted by Crippen LogP contribution is -2.41. The van der Waals surface area contributed by atoms with Gasteiger partial charge in [-0.3, -0.25) is 9.59 Å². The maximum Gasteiger partial charge on any atom is 0.306 e. The van der Waals surface area contributed by atoms with Crippen molar-refractivity contribution in [3.63, 3.8) is 0 Å². The molecule has 6 atom stereocenters. The van der Waals surface area contributed by atoms with Crippen LogP contribution in [0.5, 0.6) is 0 Å². The lowest BCUT2D eigenvalue weighted by Gasteiger charge is -2.49. The van der Waals surface area contributed by atoms with Crippen molar-refractivity contribution in [2.75, 3.05) is 26.2 Å². The summed E-state index contributed by atoms with van der Waals surface area (Å²) in [5.41, 5.74) is 12.7. The fraction of sp³-hybridized carbons (Fsp3) is 0.852. The van der Waals surface area contributed by atoms with Crippen LogP contribution >= 0.6 is 24.8 Å². The number of nitrogens with two attached hydrogens (primary N) is 2. The van der Waals surface area contributed by atoms with Gasteiger partial charge in [0.1, 0.15) is 6.10 Å². The first-order valence-corrected chi connectivity index (χ1v) is 13.7. The third-order valence-corrected chi connectivity index (χ3v) is 9.05. The van der Waals surface area contributed by atoms with E-state index in [1.807, 2.05) is 0 Å². The summed E-state index contributed by atoms with van der Waals surface area (Å²) in [5.74, 6) is 4.25. The molecule has 4 rings (SSSR count). The van der Waals surface area contributed by atoms with E-state index in [2.05, 4.69) is 6.08 Å². The number of hydrogen-bond donors (Lipinski definition) is 2. The molecule has 3 fully saturated rings. The third kappa shape index (κ3) is 7.59. The second-order valence-corrected chi connectivity index (χ2v) is 10.9. The number of nitrogens with zero attached hydrogens (tertiary/aromatic N) is 1. The number of ether oxygens (including phenoxy) is 1. The average molecular weight is 533 g/mol. The van der Waals surface area contributed by atoms with Crippen molar-refractivity contribution in [2.45, 2.75) is 89.6 Å². The molecule has 4 N–H and O–H groups in total. The zero-order valence-electron chi connectivity index (χ0n) is 21.2. The van der Waals surface area contributed by atoms with E-state index >= 15 is 0 Å². The minimum atomic E-state index is -0.231. The molecule has 8 heteroatoms. The first-order chi connectivity index (χ1) is 16.1. The van der Waals surface area contributed by atoms with E-state index in [0.717, 1.165) is 61.7 Å². The molecule has 4 aliphatic carbocycles. The van der Waals surface area contributed by atoms with Gasteiger partial charge in [-0.1, -0.05) is 24.5 Å². The Kier molecular flexibility index (Phi) is 12.9. The molecule has 6 nitrogen and oxygen atoms in total. The molecule has 0 aliphatic heterocycles. The van der Waals surface area contributed by atoms with E-state index in [1.165, 1.54) is 38.5 Å². The summed E-state index contributed by atoms with van der Waals surface area (Å²) in [5, 5.41) is 0. The van der Waals surface area contributed by atoms with Crippen molar-refractivity contribution in [1.29, 1.82) is 0 Å². The molecule has 1 amide bonds. The molecular formula is C27H47Cl2N3O3. The SMILES string of the molecule is Cl.Cl.NCCCN(CCCN)C(=O)CCC(=O)OC1CCC2C(=CCC3C4CCCC4CCC23)C1. The van der Waals surface area contributed by atoms with E-state index in [0.29, 0.717) is 26.2 Å². The zero-order valence-corrected chi connectivity index (χ0v) is 22.8. The van der Waals surface area contributed by atoms with Gasteiger partial charge in [-0.2, -0.15) is 0 Å². The lowest BCUT2D eigenvalue weighted by atomic mass is 9.57. The van der Waals surface area contributed by atoms with E-state index < -0.39 is 0 Å². The van der Waals surface area contributed by atoms with Gasteiger partial charge < -0.3 is 21.1 Å². The van der Waals surface area contributed by atoms with Gasteiger partial charge in [-0.25, -0.2) is 0 Å². The Morgan fingerprint density at radius 1 is 0.886 bits per heavy atom. The van der Waals surface area contributed by atoms with Crippen LogP contribution in [0.4, 0.5) is 0 Å². The minimum absolute atomic E-state index is 0. The number of esters is 1. The number of rotatable bonds is 10. The van der Waals surface area contributed by atoms with Gasteiger partial charge in [0.25, 0.3) is 0 Å². The fourth-order valence-corrected chi connectivity index (χ4v) is 7.49. The quantitative estimate of drug-likeness (QED) is 0.316. The number of halogens is 2. The Morgan fingerprint density at radius 2 is 1.63 bits per heavy atom. The molecule has 4 aliphatic rings. The predicted octanol–water partition coefficient (Wildman–Crippen LogP) is 4.62. The zero-order chi connectivity index (χ0) is 23.2. The van der Waals surface area contributed by atoms with Crippen LogP contribution in [0.1, 0.15) is 83.5 Å². The van der Waals surface area contributed by atoms with E-state index in [-0.39, 0.29) is 55.6 Å². The number of hydrogen-bond acceptors (Lipinski definition) is 5. The first kappa shape index (κ1) is 30.4. The Morgan fingerprint density at radius 3 is 2.34 bits per heavy atom. The van der Waals surface area contributed by atoms with Gasteiger partial charge in [0.05, 0.1) is 6.42 Å². The largest absolute Gasteiger partial charge is 0.462 e. The van der Waals surface area contributed by atoms with Crippen molar-refractivity contribution in [3.05, 3.63) is 11.6 Å². The second kappa shape index (κ2) is 14.8. The molecule has 202 valence electrons. The van der Waals surface area contributed by atoms with Crippen LogP contribution in [0.15, 0.2) is 11.6 Å². The summed E-state index contributed by atoms with van der Waals surface area (Å²) in [6.07, 6.45) is 15.9. The van der Waals surface area contributed by atoms with Gasteiger partial charge in [0, 0.05) is 25.9 Å². The van der Waals surface area contributed by atoms with Crippen LogP contribution in [0.2, 0.25) is 0 Å². The molecule has 0 aromatic carbocycles. The van der Waals surface area contributed by atoms with E-state index in [4.69, 9.17) is 16.2 Å². The molecule has 0 radical (unpaired) electrons. The van der Waals surface area contributed by atoms with Gasteiger partial charge in [-0.05, 0) is 94.0 Å². The first-order valence-electron chi connectivity index (χ1n) is 13.7. The maximum absolute atomic E-state index is 12.6. The summed E-state index contributed by atoms with van der Waals surface area (Å²) in [6, 6.07) is 0. The van der Waals surface area contributed by atoms with E-state index in [1.54, 1.807) is 10.5 Å². The van der Waals surface area contributed by atoms with Crippen molar-refractivity contribution in [2.24, 2.45) is 41.1 Å². The number of amides is 1. The number of carbonyl (C=O) groups excluding carboxylic acids is 2. The summed E-state index contributed by atoms with van der Waals surface area (Å²) < 4.78 is 5.85. The molecule has 0 saturated heterocycles. The monoisotopic (exact) mass is 531 g/mol. The highest BCUT2D eigenvalue weighted by atomic mass is 35.5. The number of allylic oxidation sites excluding steroid dienone is 1. The van der Waals surface area contributed by atoms with Crippen molar-refractivity contribution in [1.82, 2.24) is 4.90 Å². The lowest BCUT2D eigenvalue weighted by molar-refractivity contribution is -0.152. The maximum atomic E-state index is 12.6. The Balaban J connectivity index is 0.00000216. The van der Waals surface area contributed by atoms with Gasteiger partial charge in [0.15, 0.2) is 0 Å². The minimum Gasteiger partial charge on any atom is -0.462 e. The molecule has 0 spiro atoms. The second-order valence-electron chi connectivity index (χ2n) is 10.9. The highest BCUT2D eigenvalue weighted by Gasteiger charge is 2.47. The average Bonchev–Trinajstić information content (AvgIpc) is 3.31. The standard InChI is InChI=1S/C27H45N3O3.2ClH/c28-14-2-16-30(17-3-15-29)26(31)12-13-27(32)33-21-8-11-23-20(18-21)7-10-24-22-5-1-4-19(22)6-9-25(23)24;;/h7,19,21-25H,1-6,8-18,28-29H2;2*1H. The molecular weight excluding hydrogens is 485 g/mol. The Bertz CT molecular complexity index is 712. The summed E-state index contributed by atoms with van der Waals surface area (Å²) in [7, 11) is 0. The third-order valence-electron chi connectivity index (χ3n) is 9.05. The summed E-state index contributed by atoms with van der Waals surface area (Å²) in [6.45, 7) is 2.37. The van der Waals surface area contributed by atoms with Crippen molar-refractivity contribution in [3.8, 4) is 0 Å². The van der Waals surface area contributed by atoms with Crippen LogP contribution in [-0.4, -0.2) is 49.1 Å².